The Morgan fingerprint density at radius 3 is 2.39 bits per heavy atom. The molecule has 2 aromatic carbocycles. The summed E-state index contributed by atoms with van der Waals surface area (Å²) in [5, 5.41) is 5.02. The van der Waals surface area contributed by atoms with Crippen molar-refractivity contribution in [2.24, 2.45) is 0 Å². The van der Waals surface area contributed by atoms with Gasteiger partial charge in [-0.1, -0.05) is 0 Å². The Morgan fingerprint density at radius 2 is 1.68 bits per heavy atom. The molecule has 4 rings (SSSR count). The summed E-state index contributed by atoms with van der Waals surface area (Å²) in [6.45, 7) is 1.86. The van der Waals surface area contributed by atoms with E-state index >= 15 is 0 Å². The van der Waals surface area contributed by atoms with E-state index in [9.17, 15) is 13.6 Å². The van der Waals surface area contributed by atoms with Crippen LogP contribution in [0.25, 0.3) is 5.82 Å². The van der Waals surface area contributed by atoms with Crippen molar-refractivity contribution in [2.45, 2.75) is 6.92 Å². The second-order valence-corrected chi connectivity index (χ2v) is 6.39. The summed E-state index contributed by atoms with van der Waals surface area (Å²) in [5.41, 5.74) is 0.605. The van der Waals surface area contributed by atoms with E-state index in [1.807, 2.05) is 6.92 Å². The molecule has 2 amide bonds. The molecule has 0 aliphatic heterocycles. The number of hydrogen-bond acceptors (Lipinski definition) is 5. The predicted molar refractivity (Wildman–Crippen MR) is 109 cm³/mol. The average Bonchev–Trinajstić information content (AvgIpc) is 3.18. The lowest BCUT2D eigenvalue weighted by Gasteiger charge is -2.10. The highest BCUT2D eigenvalue weighted by Crippen LogP contribution is 2.23. The number of anilines is 2. The first kappa shape index (κ1) is 20.0. The lowest BCUT2D eigenvalue weighted by molar-refractivity contribution is 0.262. The molecule has 0 fully saturated rings. The van der Waals surface area contributed by atoms with Crippen LogP contribution in [0.5, 0.6) is 11.6 Å². The molecule has 0 bridgehead atoms. The zero-order chi connectivity index (χ0) is 21.8. The quantitative estimate of drug-likeness (QED) is 0.487. The topological polar surface area (TPSA) is 94.0 Å². The molecule has 0 aliphatic carbocycles. The molecular formula is C21H16F2N6O2. The van der Waals surface area contributed by atoms with Gasteiger partial charge in [0.05, 0.1) is 0 Å². The predicted octanol–water partition coefficient (Wildman–Crippen LogP) is 4.69. The Hall–Kier alpha value is -4.34. The first-order chi connectivity index (χ1) is 15.0. The lowest BCUT2D eigenvalue weighted by atomic mass is 10.3. The summed E-state index contributed by atoms with van der Waals surface area (Å²) in [6.07, 6.45) is 4.85. The standard InChI is InChI=1S/C21H16F2N6O2/c1-13-24-8-9-29(13)19-11-20(26-12-25-19)31-16-5-2-14(3-6-16)27-21(30)28-15-4-7-17(22)18(23)10-15/h2-12H,1H3,(H2,27,28,30). The smallest absolute Gasteiger partial charge is 0.323 e. The number of hydrogen-bond donors (Lipinski definition) is 2. The average molecular weight is 422 g/mol. The number of nitrogens with one attached hydrogen (secondary N) is 2. The van der Waals surface area contributed by atoms with Gasteiger partial charge in [0.1, 0.15) is 23.7 Å². The summed E-state index contributed by atoms with van der Waals surface area (Å²) < 4.78 is 33.7. The van der Waals surface area contributed by atoms with Crippen LogP contribution in [0.15, 0.2) is 67.3 Å². The molecule has 8 nitrogen and oxygen atoms in total. The van der Waals surface area contributed by atoms with Crippen LogP contribution < -0.4 is 15.4 Å². The number of imidazole rings is 1. The third-order valence-corrected chi connectivity index (χ3v) is 4.21. The molecule has 0 atom stereocenters. The fourth-order valence-corrected chi connectivity index (χ4v) is 2.73. The highest BCUT2D eigenvalue weighted by atomic mass is 19.2. The zero-order valence-electron chi connectivity index (χ0n) is 16.2. The first-order valence-corrected chi connectivity index (χ1v) is 9.11. The minimum atomic E-state index is -1.05. The number of aromatic nitrogens is 4. The van der Waals surface area contributed by atoms with Crippen molar-refractivity contribution in [3.63, 3.8) is 0 Å². The van der Waals surface area contributed by atoms with Gasteiger partial charge in [-0.2, -0.15) is 0 Å². The van der Waals surface area contributed by atoms with Crippen molar-refractivity contribution in [1.29, 1.82) is 0 Å². The van der Waals surface area contributed by atoms with Crippen LogP contribution in [0, 0.1) is 18.6 Å². The van der Waals surface area contributed by atoms with Gasteiger partial charge in [-0.3, -0.25) is 4.57 Å². The van der Waals surface area contributed by atoms with Crippen molar-refractivity contribution in [2.75, 3.05) is 10.6 Å². The molecule has 10 heteroatoms. The van der Waals surface area contributed by atoms with Crippen LogP contribution in [0.4, 0.5) is 25.0 Å². The SMILES string of the molecule is Cc1nccn1-c1cc(Oc2ccc(NC(=O)Nc3ccc(F)c(F)c3)cc2)ncn1. The van der Waals surface area contributed by atoms with E-state index in [1.165, 1.54) is 12.4 Å². The molecule has 156 valence electrons. The number of carbonyl (C=O) groups excluding carboxylic acids is 1. The highest BCUT2D eigenvalue weighted by molar-refractivity contribution is 5.99. The van der Waals surface area contributed by atoms with Gasteiger partial charge < -0.3 is 15.4 Å². The van der Waals surface area contributed by atoms with Crippen LogP contribution >= 0.6 is 0 Å². The van der Waals surface area contributed by atoms with Crippen molar-refractivity contribution < 1.29 is 18.3 Å². The summed E-state index contributed by atoms with van der Waals surface area (Å²) >= 11 is 0. The van der Waals surface area contributed by atoms with E-state index in [0.29, 0.717) is 23.1 Å². The lowest BCUT2D eigenvalue weighted by Crippen LogP contribution is -2.19. The number of ether oxygens (including phenoxy) is 1. The maximum atomic E-state index is 13.2. The van der Waals surface area contributed by atoms with Gasteiger partial charge in [-0.15, -0.1) is 0 Å². The third kappa shape index (κ3) is 4.81. The van der Waals surface area contributed by atoms with Gasteiger partial charge in [0, 0.05) is 35.9 Å². The van der Waals surface area contributed by atoms with Gasteiger partial charge in [0.25, 0.3) is 0 Å². The molecule has 2 N–H and O–H groups in total. The molecule has 4 aromatic rings. The molecule has 2 heterocycles. The first-order valence-electron chi connectivity index (χ1n) is 9.11. The minimum Gasteiger partial charge on any atom is -0.439 e. The molecule has 0 unspecified atom stereocenters. The Labute approximate surface area is 175 Å². The number of aryl methyl sites for hydroxylation is 1. The number of amides is 2. The van der Waals surface area contributed by atoms with E-state index in [4.69, 9.17) is 4.74 Å². The fraction of sp³-hybridized carbons (Fsp3) is 0.0476. The Kier molecular flexibility index (Phi) is 5.52. The van der Waals surface area contributed by atoms with Crippen LogP contribution in [-0.2, 0) is 0 Å². The van der Waals surface area contributed by atoms with E-state index in [1.54, 1.807) is 47.3 Å². The van der Waals surface area contributed by atoms with Crippen molar-refractivity contribution in [3.05, 3.63) is 84.7 Å². The van der Waals surface area contributed by atoms with Crippen molar-refractivity contribution in [1.82, 2.24) is 19.5 Å². The second kappa shape index (κ2) is 8.57. The van der Waals surface area contributed by atoms with E-state index in [0.717, 1.165) is 18.0 Å². The summed E-state index contributed by atoms with van der Waals surface area (Å²) in [5.74, 6) is 0.204. The Balaban J connectivity index is 1.39. The molecule has 31 heavy (non-hydrogen) atoms. The molecular weight excluding hydrogens is 406 g/mol. The van der Waals surface area contributed by atoms with Crippen LogP contribution in [0.2, 0.25) is 0 Å². The molecule has 0 spiro atoms. The van der Waals surface area contributed by atoms with Gasteiger partial charge in [0.15, 0.2) is 11.6 Å². The maximum absolute atomic E-state index is 13.2. The van der Waals surface area contributed by atoms with Gasteiger partial charge in [0.2, 0.25) is 5.88 Å². The number of rotatable bonds is 5. The van der Waals surface area contributed by atoms with E-state index < -0.39 is 17.7 Å². The molecule has 2 aromatic heterocycles. The van der Waals surface area contributed by atoms with E-state index in [-0.39, 0.29) is 5.69 Å². The number of halogens is 2. The third-order valence-electron chi connectivity index (χ3n) is 4.21. The summed E-state index contributed by atoms with van der Waals surface area (Å²) in [6, 6.07) is 10.7. The Bertz CT molecular complexity index is 1230. The highest BCUT2D eigenvalue weighted by Gasteiger charge is 2.08. The van der Waals surface area contributed by atoms with Crippen molar-refractivity contribution >= 4 is 17.4 Å². The van der Waals surface area contributed by atoms with Crippen LogP contribution in [-0.4, -0.2) is 25.6 Å². The number of urea groups is 1. The van der Waals surface area contributed by atoms with Crippen LogP contribution in [0.1, 0.15) is 5.82 Å². The minimum absolute atomic E-state index is 0.129. The summed E-state index contributed by atoms with van der Waals surface area (Å²) in [7, 11) is 0. The Morgan fingerprint density at radius 1 is 0.935 bits per heavy atom. The van der Waals surface area contributed by atoms with Gasteiger partial charge in [-0.05, 0) is 43.3 Å². The molecule has 0 saturated carbocycles. The molecule has 0 radical (unpaired) electrons. The normalized spacial score (nSPS) is 10.5. The molecule has 0 saturated heterocycles. The monoisotopic (exact) mass is 422 g/mol. The fourth-order valence-electron chi connectivity index (χ4n) is 2.73. The summed E-state index contributed by atoms with van der Waals surface area (Å²) in [4.78, 5) is 24.5. The number of carbonyl (C=O) groups is 1. The van der Waals surface area contributed by atoms with E-state index in [2.05, 4.69) is 25.6 Å². The second-order valence-electron chi connectivity index (χ2n) is 6.39. The zero-order valence-corrected chi connectivity index (χ0v) is 16.2. The molecule has 0 aliphatic rings. The number of benzene rings is 2. The number of nitrogens with zero attached hydrogens (tertiary/aromatic N) is 4. The largest absolute Gasteiger partial charge is 0.439 e. The van der Waals surface area contributed by atoms with Crippen molar-refractivity contribution in [3.8, 4) is 17.4 Å². The van der Waals surface area contributed by atoms with Crippen LogP contribution in [0.3, 0.4) is 0 Å². The maximum Gasteiger partial charge on any atom is 0.323 e. The van der Waals surface area contributed by atoms with Gasteiger partial charge in [-0.25, -0.2) is 28.5 Å². The van der Waals surface area contributed by atoms with Gasteiger partial charge >= 0.3 is 6.03 Å².